The largest absolute Gasteiger partial charge is 0.497 e. The lowest BCUT2D eigenvalue weighted by molar-refractivity contribution is 0.415. The minimum Gasteiger partial charge on any atom is -0.497 e. The number of nitrogens with zero attached hydrogens (tertiary/aromatic N) is 2. The maximum absolute atomic E-state index is 5.33. The van der Waals surface area contributed by atoms with Crippen molar-refractivity contribution in [3.63, 3.8) is 0 Å². The number of hydrogen-bond acceptors (Lipinski definition) is 3. The van der Waals surface area contributed by atoms with Crippen LogP contribution in [0.3, 0.4) is 0 Å². The molecule has 0 fully saturated rings. The summed E-state index contributed by atoms with van der Waals surface area (Å²) in [4.78, 5) is 4.56. The Balaban J connectivity index is 2.14. The second-order valence-corrected chi connectivity index (χ2v) is 5.02. The molecule has 2 aromatic carbocycles. The number of ether oxygens (including phenoxy) is 2. The molecular formula is C18H18N2O2. The highest BCUT2D eigenvalue weighted by molar-refractivity contribution is 5.79. The molecule has 0 aliphatic carbocycles. The van der Waals surface area contributed by atoms with Crippen molar-refractivity contribution in [1.82, 2.24) is 9.55 Å². The molecule has 4 nitrogen and oxygen atoms in total. The number of imidazole rings is 1. The summed E-state index contributed by atoms with van der Waals surface area (Å²) in [5.74, 6) is 1.65. The molecule has 0 aliphatic heterocycles. The molecule has 3 aromatic rings. The van der Waals surface area contributed by atoms with Crippen molar-refractivity contribution >= 4 is 0 Å². The average molecular weight is 294 g/mol. The van der Waals surface area contributed by atoms with E-state index in [1.807, 2.05) is 60.4 Å². The van der Waals surface area contributed by atoms with E-state index >= 15 is 0 Å². The van der Waals surface area contributed by atoms with Gasteiger partial charge in [-0.25, -0.2) is 4.98 Å². The Kier molecular flexibility index (Phi) is 3.83. The second-order valence-electron chi connectivity index (χ2n) is 5.02. The molecule has 0 unspecified atom stereocenters. The summed E-state index contributed by atoms with van der Waals surface area (Å²) in [5.41, 5.74) is 4.07. The van der Waals surface area contributed by atoms with Gasteiger partial charge in [0.05, 0.1) is 31.9 Å². The number of aromatic nitrogens is 2. The molecule has 0 spiro atoms. The first-order valence-electron chi connectivity index (χ1n) is 7.03. The Labute approximate surface area is 130 Å². The van der Waals surface area contributed by atoms with Crippen LogP contribution in [-0.2, 0) is 7.05 Å². The first kappa shape index (κ1) is 14.2. The summed E-state index contributed by atoms with van der Waals surface area (Å²) in [7, 11) is 5.33. The molecule has 0 N–H and O–H groups in total. The van der Waals surface area contributed by atoms with Crippen LogP contribution >= 0.6 is 0 Å². The topological polar surface area (TPSA) is 36.3 Å². The summed E-state index contributed by atoms with van der Waals surface area (Å²) in [6.45, 7) is 0. The van der Waals surface area contributed by atoms with Crippen molar-refractivity contribution in [2.75, 3.05) is 14.2 Å². The van der Waals surface area contributed by atoms with Crippen LogP contribution in [0.15, 0.2) is 54.9 Å². The summed E-state index contributed by atoms with van der Waals surface area (Å²) in [6.07, 6.45) is 1.82. The predicted molar refractivity (Wildman–Crippen MR) is 87.2 cm³/mol. The lowest BCUT2D eigenvalue weighted by Crippen LogP contribution is -1.93. The number of aryl methyl sites for hydroxylation is 1. The zero-order chi connectivity index (χ0) is 15.5. The number of rotatable bonds is 4. The molecule has 1 heterocycles. The van der Waals surface area contributed by atoms with Gasteiger partial charge in [-0.1, -0.05) is 24.3 Å². The summed E-state index contributed by atoms with van der Waals surface area (Å²) in [5, 5.41) is 0. The zero-order valence-corrected chi connectivity index (χ0v) is 12.9. The molecule has 0 aliphatic rings. The third-order valence-electron chi connectivity index (χ3n) is 3.62. The fourth-order valence-corrected chi connectivity index (χ4v) is 2.52. The van der Waals surface area contributed by atoms with E-state index in [4.69, 9.17) is 9.47 Å². The van der Waals surface area contributed by atoms with Crippen molar-refractivity contribution < 1.29 is 9.47 Å². The highest BCUT2D eigenvalue weighted by Gasteiger charge is 2.14. The minimum atomic E-state index is 0.819. The number of hydrogen-bond donors (Lipinski definition) is 0. The van der Waals surface area contributed by atoms with E-state index < -0.39 is 0 Å². The van der Waals surface area contributed by atoms with Gasteiger partial charge in [0.25, 0.3) is 0 Å². The number of methoxy groups -OCH3 is 2. The Bertz CT molecular complexity index is 793. The monoisotopic (exact) mass is 294 g/mol. The van der Waals surface area contributed by atoms with Crippen molar-refractivity contribution in [3.8, 4) is 34.0 Å². The summed E-state index contributed by atoms with van der Waals surface area (Å²) >= 11 is 0. The van der Waals surface area contributed by atoms with E-state index in [-0.39, 0.29) is 0 Å². The van der Waals surface area contributed by atoms with Crippen molar-refractivity contribution in [3.05, 3.63) is 54.9 Å². The number of benzene rings is 2. The van der Waals surface area contributed by atoms with Crippen LogP contribution in [0.5, 0.6) is 11.5 Å². The van der Waals surface area contributed by atoms with Gasteiger partial charge in [-0.05, 0) is 24.3 Å². The van der Waals surface area contributed by atoms with E-state index in [2.05, 4.69) is 11.1 Å². The molecule has 22 heavy (non-hydrogen) atoms. The quantitative estimate of drug-likeness (QED) is 0.735. The van der Waals surface area contributed by atoms with Crippen molar-refractivity contribution in [2.24, 2.45) is 7.05 Å². The van der Waals surface area contributed by atoms with Crippen molar-refractivity contribution in [2.45, 2.75) is 0 Å². The molecular weight excluding hydrogens is 276 g/mol. The third kappa shape index (κ3) is 2.55. The molecule has 112 valence electrons. The highest BCUT2D eigenvalue weighted by atomic mass is 16.5. The molecule has 1 aromatic heterocycles. The summed E-state index contributed by atoms with van der Waals surface area (Å²) < 4.78 is 12.7. The minimum absolute atomic E-state index is 0.819. The van der Waals surface area contributed by atoms with Gasteiger partial charge in [0.1, 0.15) is 11.5 Å². The second kappa shape index (κ2) is 5.93. The average Bonchev–Trinajstić information content (AvgIpc) is 2.96. The predicted octanol–water partition coefficient (Wildman–Crippen LogP) is 3.77. The fraction of sp³-hybridized carbons (Fsp3) is 0.167. The Morgan fingerprint density at radius 1 is 0.864 bits per heavy atom. The fourth-order valence-electron chi connectivity index (χ4n) is 2.52. The van der Waals surface area contributed by atoms with Gasteiger partial charge >= 0.3 is 0 Å². The molecule has 0 saturated heterocycles. The smallest absolute Gasteiger partial charge is 0.119 e. The maximum atomic E-state index is 5.33. The van der Waals surface area contributed by atoms with E-state index in [1.54, 1.807) is 14.2 Å². The molecule has 0 radical (unpaired) electrons. The van der Waals surface area contributed by atoms with Crippen LogP contribution < -0.4 is 9.47 Å². The first-order valence-corrected chi connectivity index (χ1v) is 7.03. The normalized spacial score (nSPS) is 10.5. The molecule has 0 amide bonds. The van der Waals surface area contributed by atoms with Gasteiger partial charge in [-0.2, -0.15) is 0 Å². The Hall–Kier alpha value is -2.75. The van der Waals surface area contributed by atoms with Gasteiger partial charge in [-0.15, -0.1) is 0 Å². The maximum Gasteiger partial charge on any atom is 0.119 e. The van der Waals surface area contributed by atoms with E-state index in [9.17, 15) is 0 Å². The summed E-state index contributed by atoms with van der Waals surface area (Å²) in [6, 6.07) is 15.9. The zero-order valence-electron chi connectivity index (χ0n) is 12.9. The van der Waals surface area contributed by atoms with Crippen LogP contribution in [0.4, 0.5) is 0 Å². The van der Waals surface area contributed by atoms with Gasteiger partial charge in [0, 0.05) is 18.2 Å². The molecule has 4 heteroatoms. The van der Waals surface area contributed by atoms with Crippen molar-refractivity contribution in [1.29, 1.82) is 0 Å². The SMILES string of the molecule is COc1cccc(-c2ncn(C)c2-c2cccc(OC)c2)c1. The van der Waals surface area contributed by atoms with Gasteiger partial charge in [-0.3, -0.25) is 0 Å². The standard InChI is InChI=1S/C18H18N2O2/c1-20-12-19-17(13-6-4-8-15(10-13)21-2)18(20)14-7-5-9-16(11-14)22-3/h4-12H,1-3H3. The van der Waals surface area contributed by atoms with Gasteiger partial charge in [0.15, 0.2) is 0 Å². The van der Waals surface area contributed by atoms with Crippen LogP contribution in [0.25, 0.3) is 22.5 Å². The molecule has 0 atom stereocenters. The Morgan fingerprint density at radius 2 is 1.45 bits per heavy atom. The van der Waals surface area contributed by atoms with Crippen LogP contribution in [-0.4, -0.2) is 23.8 Å². The molecule has 0 saturated carbocycles. The first-order chi connectivity index (χ1) is 10.7. The molecule has 0 bridgehead atoms. The van der Waals surface area contributed by atoms with Gasteiger partial charge < -0.3 is 14.0 Å². The lowest BCUT2D eigenvalue weighted by Gasteiger charge is -2.09. The lowest BCUT2D eigenvalue weighted by atomic mass is 10.0. The third-order valence-corrected chi connectivity index (χ3v) is 3.62. The van der Waals surface area contributed by atoms with Crippen LogP contribution in [0, 0.1) is 0 Å². The van der Waals surface area contributed by atoms with Gasteiger partial charge in [0.2, 0.25) is 0 Å². The van der Waals surface area contributed by atoms with E-state index in [1.165, 1.54) is 0 Å². The van der Waals surface area contributed by atoms with Crippen LogP contribution in [0.2, 0.25) is 0 Å². The highest BCUT2D eigenvalue weighted by Crippen LogP contribution is 2.33. The van der Waals surface area contributed by atoms with Crippen LogP contribution in [0.1, 0.15) is 0 Å². The van der Waals surface area contributed by atoms with E-state index in [0.717, 1.165) is 34.0 Å². The molecule has 3 rings (SSSR count). The Morgan fingerprint density at radius 3 is 2.09 bits per heavy atom. The van der Waals surface area contributed by atoms with E-state index in [0.29, 0.717) is 0 Å².